The first-order chi connectivity index (χ1) is 9.60. The summed E-state index contributed by atoms with van der Waals surface area (Å²) in [6.07, 6.45) is 2.87. The lowest BCUT2D eigenvalue weighted by molar-refractivity contribution is -0.137. The van der Waals surface area contributed by atoms with Crippen molar-refractivity contribution in [2.45, 2.75) is 6.92 Å². The Bertz CT molecular complexity index is 644. The van der Waals surface area contributed by atoms with Crippen LogP contribution in [0.1, 0.15) is 12.7 Å². The number of ether oxygens (including phenoxy) is 1. The molecule has 3 nitrogen and oxygen atoms in total. The maximum atomic E-state index is 11.2. The highest BCUT2D eigenvalue weighted by Crippen LogP contribution is 2.29. The summed E-state index contributed by atoms with van der Waals surface area (Å²) in [7, 11) is 0. The number of carbonyl (C=O) groups excluding carboxylic acids is 1. The van der Waals surface area contributed by atoms with Crippen LogP contribution in [0.15, 0.2) is 40.8 Å². The summed E-state index contributed by atoms with van der Waals surface area (Å²) in [6, 6.07) is 8.79. The van der Waals surface area contributed by atoms with Crippen LogP contribution in [-0.2, 0) is 9.53 Å². The van der Waals surface area contributed by atoms with Gasteiger partial charge >= 0.3 is 5.97 Å². The molecule has 0 bridgehead atoms. The van der Waals surface area contributed by atoms with E-state index in [1.54, 1.807) is 37.3 Å². The third kappa shape index (κ3) is 3.65. The first kappa shape index (κ1) is 14.7. The van der Waals surface area contributed by atoms with Crippen LogP contribution in [-0.4, -0.2) is 12.6 Å². The first-order valence-electron chi connectivity index (χ1n) is 6.00. The zero-order valence-electron chi connectivity index (χ0n) is 10.7. The van der Waals surface area contributed by atoms with Gasteiger partial charge in [0.25, 0.3) is 0 Å². The zero-order valence-corrected chi connectivity index (χ0v) is 12.2. The van der Waals surface area contributed by atoms with Gasteiger partial charge in [-0.05, 0) is 43.3 Å². The third-order valence-corrected chi connectivity index (χ3v) is 3.24. The summed E-state index contributed by atoms with van der Waals surface area (Å²) in [4.78, 5) is 11.2. The maximum Gasteiger partial charge on any atom is 0.330 e. The molecule has 0 saturated carbocycles. The maximum absolute atomic E-state index is 11.2. The van der Waals surface area contributed by atoms with Crippen LogP contribution in [0.2, 0.25) is 10.0 Å². The standard InChI is InChI=1S/C15H12Cl2O3/c1-2-19-15(18)8-5-11-4-7-14(20-11)10-3-6-12(16)13(17)9-10/h3-9H,2H2,1H3/b8-5+. The minimum atomic E-state index is -0.403. The van der Waals surface area contributed by atoms with Crippen LogP contribution in [0.4, 0.5) is 0 Å². The monoisotopic (exact) mass is 310 g/mol. The van der Waals surface area contributed by atoms with Gasteiger partial charge in [-0.25, -0.2) is 4.79 Å². The Balaban J connectivity index is 2.16. The normalized spacial score (nSPS) is 10.9. The lowest BCUT2D eigenvalue weighted by Crippen LogP contribution is -1.98. The van der Waals surface area contributed by atoms with Crippen molar-refractivity contribution in [3.8, 4) is 11.3 Å². The number of rotatable bonds is 4. The van der Waals surface area contributed by atoms with Crippen molar-refractivity contribution < 1.29 is 13.9 Å². The first-order valence-corrected chi connectivity index (χ1v) is 6.76. The molecule has 0 aliphatic heterocycles. The van der Waals surface area contributed by atoms with E-state index in [9.17, 15) is 4.79 Å². The van der Waals surface area contributed by atoms with E-state index in [0.29, 0.717) is 28.2 Å². The lowest BCUT2D eigenvalue weighted by atomic mass is 10.2. The molecule has 0 aliphatic carbocycles. The van der Waals surface area contributed by atoms with Gasteiger partial charge < -0.3 is 9.15 Å². The van der Waals surface area contributed by atoms with Gasteiger partial charge in [-0.1, -0.05) is 23.2 Å². The number of halogens is 2. The molecule has 104 valence electrons. The van der Waals surface area contributed by atoms with Crippen molar-refractivity contribution in [2.24, 2.45) is 0 Å². The van der Waals surface area contributed by atoms with E-state index in [2.05, 4.69) is 0 Å². The molecule has 1 heterocycles. The molecule has 0 atom stereocenters. The molecule has 2 aromatic rings. The average Bonchev–Trinajstić information content (AvgIpc) is 2.89. The summed E-state index contributed by atoms with van der Waals surface area (Å²) in [5, 5.41) is 0.952. The van der Waals surface area contributed by atoms with Crippen LogP contribution in [0.25, 0.3) is 17.4 Å². The molecule has 0 spiro atoms. The fraction of sp³-hybridized carbons (Fsp3) is 0.133. The van der Waals surface area contributed by atoms with E-state index < -0.39 is 5.97 Å². The van der Waals surface area contributed by atoms with Gasteiger partial charge in [0, 0.05) is 11.6 Å². The van der Waals surface area contributed by atoms with Crippen LogP contribution in [0.3, 0.4) is 0 Å². The highest BCUT2D eigenvalue weighted by Gasteiger charge is 2.06. The summed E-state index contributed by atoms with van der Waals surface area (Å²) < 4.78 is 10.4. The van der Waals surface area contributed by atoms with E-state index in [1.807, 2.05) is 6.07 Å². The Morgan fingerprint density at radius 2 is 2.05 bits per heavy atom. The van der Waals surface area contributed by atoms with Crippen molar-refractivity contribution in [1.29, 1.82) is 0 Å². The zero-order chi connectivity index (χ0) is 14.5. The van der Waals surface area contributed by atoms with E-state index in [4.69, 9.17) is 32.4 Å². The predicted molar refractivity (Wildman–Crippen MR) is 79.8 cm³/mol. The number of esters is 1. The molecule has 1 aromatic heterocycles. The molecule has 2 rings (SSSR count). The number of benzene rings is 1. The van der Waals surface area contributed by atoms with Gasteiger partial charge in [-0.15, -0.1) is 0 Å². The van der Waals surface area contributed by atoms with Crippen molar-refractivity contribution in [2.75, 3.05) is 6.61 Å². The lowest BCUT2D eigenvalue weighted by Gasteiger charge is -1.99. The largest absolute Gasteiger partial charge is 0.463 e. The molecule has 0 saturated heterocycles. The Morgan fingerprint density at radius 1 is 1.25 bits per heavy atom. The van der Waals surface area contributed by atoms with E-state index in [0.717, 1.165) is 5.56 Å². The SMILES string of the molecule is CCOC(=O)/C=C/c1ccc(-c2ccc(Cl)c(Cl)c2)o1. The Hall–Kier alpha value is -1.71. The molecular formula is C15H12Cl2O3. The second-order valence-electron chi connectivity index (χ2n) is 3.92. The van der Waals surface area contributed by atoms with Gasteiger partial charge in [-0.3, -0.25) is 0 Å². The Kier molecular flexibility index (Phi) is 4.88. The number of furan rings is 1. The highest BCUT2D eigenvalue weighted by molar-refractivity contribution is 6.42. The molecule has 5 heteroatoms. The molecule has 0 radical (unpaired) electrons. The van der Waals surface area contributed by atoms with Crippen LogP contribution < -0.4 is 0 Å². The molecule has 20 heavy (non-hydrogen) atoms. The van der Waals surface area contributed by atoms with Crippen molar-refractivity contribution in [1.82, 2.24) is 0 Å². The van der Waals surface area contributed by atoms with Gasteiger partial charge in [0.2, 0.25) is 0 Å². The van der Waals surface area contributed by atoms with Crippen LogP contribution in [0, 0.1) is 0 Å². The van der Waals surface area contributed by atoms with E-state index in [1.165, 1.54) is 6.08 Å². The van der Waals surface area contributed by atoms with Gasteiger partial charge in [-0.2, -0.15) is 0 Å². The number of carbonyl (C=O) groups is 1. The van der Waals surface area contributed by atoms with Gasteiger partial charge in [0.05, 0.1) is 16.7 Å². The molecule has 0 amide bonds. The Labute approximate surface area is 126 Å². The molecule has 0 N–H and O–H groups in total. The minimum Gasteiger partial charge on any atom is -0.463 e. The van der Waals surface area contributed by atoms with Crippen LogP contribution in [0.5, 0.6) is 0 Å². The van der Waals surface area contributed by atoms with E-state index >= 15 is 0 Å². The second kappa shape index (κ2) is 6.64. The average molecular weight is 311 g/mol. The smallest absolute Gasteiger partial charge is 0.330 e. The fourth-order valence-electron chi connectivity index (χ4n) is 1.59. The van der Waals surface area contributed by atoms with Gasteiger partial charge in [0.1, 0.15) is 11.5 Å². The summed E-state index contributed by atoms with van der Waals surface area (Å²) >= 11 is 11.8. The molecule has 1 aromatic carbocycles. The van der Waals surface area contributed by atoms with Crippen molar-refractivity contribution in [3.63, 3.8) is 0 Å². The topological polar surface area (TPSA) is 39.4 Å². The molecular weight excluding hydrogens is 299 g/mol. The van der Waals surface area contributed by atoms with Gasteiger partial charge in [0.15, 0.2) is 0 Å². The fourth-order valence-corrected chi connectivity index (χ4v) is 1.89. The van der Waals surface area contributed by atoms with Crippen molar-refractivity contribution in [3.05, 3.63) is 52.2 Å². The second-order valence-corrected chi connectivity index (χ2v) is 4.73. The predicted octanol–water partition coefficient (Wildman–Crippen LogP) is 4.83. The summed E-state index contributed by atoms with van der Waals surface area (Å²) in [6.45, 7) is 2.09. The van der Waals surface area contributed by atoms with E-state index in [-0.39, 0.29) is 0 Å². The molecule has 0 fully saturated rings. The molecule has 0 aliphatic rings. The number of hydrogen-bond acceptors (Lipinski definition) is 3. The molecule has 0 unspecified atom stereocenters. The number of hydrogen-bond donors (Lipinski definition) is 0. The van der Waals surface area contributed by atoms with Crippen molar-refractivity contribution >= 4 is 35.2 Å². The summed E-state index contributed by atoms with van der Waals surface area (Å²) in [5.74, 6) is 0.797. The third-order valence-electron chi connectivity index (χ3n) is 2.50. The quantitative estimate of drug-likeness (QED) is 0.600. The highest BCUT2D eigenvalue weighted by atomic mass is 35.5. The summed E-state index contributed by atoms with van der Waals surface area (Å²) in [5.41, 5.74) is 0.815. The Morgan fingerprint density at radius 3 is 2.75 bits per heavy atom. The van der Waals surface area contributed by atoms with Crippen LogP contribution >= 0.6 is 23.2 Å². The minimum absolute atomic E-state index is 0.343.